The molecule has 0 radical (unpaired) electrons. The summed E-state index contributed by atoms with van der Waals surface area (Å²) < 4.78 is 11.8. The third-order valence-corrected chi connectivity index (χ3v) is 5.01. The van der Waals surface area contributed by atoms with Crippen LogP contribution in [0.25, 0.3) is 0 Å². The summed E-state index contributed by atoms with van der Waals surface area (Å²) in [6, 6.07) is 6.90. The third-order valence-electron chi connectivity index (χ3n) is 5.01. The summed E-state index contributed by atoms with van der Waals surface area (Å²) in [5.74, 6) is 1.62. The lowest BCUT2D eigenvalue weighted by molar-refractivity contribution is -0.0923. The van der Waals surface area contributed by atoms with Crippen LogP contribution in [-0.4, -0.2) is 25.4 Å². The summed E-state index contributed by atoms with van der Waals surface area (Å²) in [6.07, 6.45) is 2.62. The molecule has 1 aromatic rings. The Hall–Kier alpha value is -1.22. The number of nitrogens with one attached hydrogen (secondary N) is 1. The molecule has 2 fully saturated rings. The SMILES string of the molecule is CCCOc1cc(C)ccc1NC1C2CCOC2C1(C)C. The van der Waals surface area contributed by atoms with Gasteiger partial charge in [0, 0.05) is 24.0 Å². The second-order valence-electron chi connectivity index (χ2n) is 7.04. The van der Waals surface area contributed by atoms with Gasteiger partial charge in [0.15, 0.2) is 0 Å². The number of hydrogen-bond donors (Lipinski definition) is 1. The molecule has 1 aliphatic heterocycles. The molecule has 116 valence electrons. The number of ether oxygens (including phenoxy) is 2. The van der Waals surface area contributed by atoms with Crippen LogP contribution in [0.4, 0.5) is 5.69 Å². The standard InChI is InChI=1S/C18H27NO2/c1-5-9-20-15-11-12(2)6-7-14(15)19-16-13-8-10-21-17(13)18(16,3)4/h6-7,11,13,16-17,19H,5,8-10H2,1-4H3. The van der Waals surface area contributed by atoms with Crippen molar-refractivity contribution in [2.24, 2.45) is 11.3 Å². The average molecular weight is 289 g/mol. The van der Waals surface area contributed by atoms with Crippen molar-refractivity contribution >= 4 is 5.69 Å². The number of anilines is 1. The molecule has 1 aliphatic carbocycles. The van der Waals surface area contributed by atoms with E-state index in [1.807, 2.05) is 0 Å². The molecule has 1 heterocycles. The van der Waals surface area contributed by atoms with Crippen LogP contribution in [0.15, 0.2) is 18.2 Å². The predicted octanol–water partition coefficient (Wildman–Crippen LogP) is 4.01. The van der Waals surface area contributed by atoms with Crippen molar-refractivity contribution < 1.29 is 9.47 Å². The van der Waals surface area contributed by atoms with Gasteiger partial charge in [-0.2, -0.15) is 0 Å². The Kier molecular flexibility index (Phi) is 3.87. The van der Waals surface area contributed by atoms with Crippen molar-refractivity contribution in [3.8, 4) is 5.75 Å². The van der Waals surface area contributed by atoms with Crippen LogP contribution in [0.3, 0.4) is 0 Å². The Morgan fingerprint density at radius 1 is 1.38 bits per heavy atom. The zero-order chi connectivity index (χ0) is 15.0. The van der Waals surface area contributed by atoms with E-state index < -0.39 is 0 Å². The molecule has 21 heavy (non-hydrogen) atoms. The van der Waals surface area contributed by atoms with E-state index >= 15 is 0 Å². The van der Waals surface area contributed by atoms with Crippen LogP contribution >= 0.6 is 0 Å². The van der Waals surface area contributed by atoms with Gasteiger partial charge in [0.2, 0.25) is 0 Å². The van der Waals surface area contributed by atoms with Gasteiger partial charge in [0.05, 0.1) is 18.4 Å². The lowest BCUT2D eigenvalue weighted by atomic mass is 9.57. The van der Waals surface area contributed by atoms with Crippen LogP contribution in [0.2, 0.25) is 0 Å². The first-order valence-corrected chi connectivity index (χ1v) is 8.15. The van der Waals surface area contributed by atoms with Gasteiger partial charge in [0.1, 0.15) is 5.75 Å². The zero-order valence-electron chi connectivity index (χ0n) is 13.6. The quantitative estimate of drug-likeness (QED) is 0.888. The van der Waals surface area contributed by atoms with Gasteiger partial charge in [-0.05, 0) is 37.5 Å². The highest BCUT2D eigenvalue weighted by Crippen LogP contribution is 2.53. The number of fused-ring (bicyclic) bond motifs is 1. The van der Waals surface area contributed by atoms with E-state index in [2.05, 4.69) is 51.2 Å². The second kappa shape index (κ2) is 5.53. The monoisotopic (exact) mass is 289 g/mol. The van der Waals surface area contributed by atoms with Crippen molar-refractivity contribution in [1.29, 1.82) is 0 Å². The Morgan fingerprint density at radius 3 is 2.95 bits per heavy atom. The van der Waals surface area contributed by atoms with Crippen molar-refractivity contribution in [3.05, 3.63) is 23.8 Å². The number of hydrogen-bond acceptors (Lipinski definition) is 3. The maximum Gasteiger partial charge on any atom is 0.142 e. The molecule has 1 saturated carbocycles. The normalized spacial score (nSPS) is 29.6. The van der Waals surface area contributed by atoms with E-state index in [9.17, 15) is 0 Å². The smallest absolute Gasteiger partial charge is 0.142 e. The first-order chi connectivity index (χ1) is 10.0. The summed E-state index contributed by atoms with van der Waals surface area (Å²) in [4.78, 5) is 0. The van der Waals surface area contributed by atoms with Crippen molar-refractivity contribution in [2.45, 2.75) is 52.7 Å². The van der Waals surface area contributed by atoms with Crippen LogP contribution in [0.5, 0.6) is 5.75 Å². The number of aryl methyl sites for hydroxylation is 1. The Morgan fingerprint density at radius 2 is 2.19 bits per heavy atom. The highest BCUT2D eigenvalue weighted by atomic mass is 16.5. The summed E-state index contributed by atoms with van der Waals surface area (Å²) in [7, 11) is 0. The van der Waals surface area contributed by atoms with Gasteiger partial charge in [-0.3, -0.25) is 0 Å². The Labute approximate surface area is 128 Å². The Balaban J connectivity index is 1.78. The second-order valence-corrected chi connectivity index (χ2v) is 7.04. The molecule has 0 aromatic heterocycles. The molecule has 3 nitrogen and oxygen atoms in total. The van der Waals surface area contributed by atoms with Gasteiger partial charge < -0.3 is 14.8 Å². The first kappa shape index (κ1) is 14.7. The third kappa shape index (κ3) is 2.52. The fourth-order valence-electron chi connectivity index (χ4n) is 3.87. The molecule has 2 aliphatic rings. The minimum atomic E-state index is 0.189. The predicted molar refractivity (Wildman–Crippen MR) is 86.0 cm³/mol. The van der Waals surface area contributed by atoms with Crippen molar-refractivity contribution in [2.75, 3.05) is 18.5 Å². The molecule has 0 amide bonds. The van der Waals surface area contributed by atoms with E-state index in [-0.39, 0.29) is 5.41 Å². The molecule has 3 unspecified atom stereocenters. The average Bonchev–Trinajstić information content (AvgIpc) is 2.90. The largest absolute Gasteiger partial charge is 0.491 e. The minimum Gasteiger partial charge on any atom is -0.491 e. The lowest BCUT2D eigenvalue weighted by Gasteiger charge is -2.55. The minimum absolute atomic E-state index is 0.189. The summed E-state index contributed by atoms with van der Waals surface area (Å²) in [6.45, 7) is 10.5. The molecule has 0 bridgehead atoms. The number of rotatable bonds is 5. The van der Waals surface area contributed by atoms with E-state index in [1.54, 1.807) is 0 Å². The molecule has 0 spiro atoms. The first-order valence-electron chi connectivity index (χ1n) is 8.15. The molecule has 1 N–H and O–H groups in total. The number of benzene rings is 1. The zero-order valence-corrected chi connectivity index (χ0v) is 13.6. The molecule has 3 rings (SSSR count). The molecular weight excluding hydrogens is 262 g/mol. The molecule has 3 heteroatoms. The topological polar surface area (TPSA) is 30.5 Å². The van der Waals surface area contributed by atoms with Gasteiger partial charge in [-0.1, -0.05) is 26.8 Å². The highest BCUT2D eigenvalue weighted by molar-refractivity contribution is 5.59. The lowest BCUT2D eigenvalue weighted by Crippen LogP contribution is -2.63. The van der Waals surface area contributed by atoms with Crippen LogP contribution < -0.4 is 10.1 Å². The fourth-order valence-corrected chi connectivity index (χ4v) is 3.87. The Bertz CT molecular complexity index is 512. The van der Waals surface area contributed by atoms with E-state index in [1.165, 1.54) is 12.0 Å². The fraction of sp³-hybridized carbons (Fsp3) is 0.667. The maximum absolute atomic E-state index is 5.92. The van der Waals surface area contributed by atoms with Crippen molar-refractivity contribution in [1.82, 2.24) is 0 Å². The molecule has 3 atom stereocenters. The van der Waals surface area contributed by atoms with E-state index in [0.717, 1.165) is 31.1 Å². The van der Waals surface area contributed by atoms with Crippen LogP contribution in [-0.2, 0) is 4.74 Å². The van der Waals surface area contributed by atoms with Gasteiger partial charge >= 0.3 is 0 Å². The summed E-state index contributed by atoms with van der Waals surface area (Å²) in [5, 5.41) is 3.74. The summed E-state index contributed by atoms with van der Waals surface area (Å²) >= 11 is 0. The van der Waals surface area contributed by atoms with Crippen LogP contribution in [0.1, 0.15) is 39.2 Å². The van der Waals surface area contributed by atoms with Crippen LogP contribution in [0, 0.1) is 18.3 Å². The van der Waals surface area contributed by atoms with Gasteiger partial charge in [-0.15, -0.1) is 0 Å². The van der Waals surface area contributed by atoms with Gasteiger partial charge in [-0.25, -0.2) is 0 Å². The van der Waals surface area contributed by atoms with E-state index in [0.29, 0.717) is 18.1 Å². The maximum atomic E-state index is 5.92. The van der Waals surface area contributed by atoms with E-state index in [4.69, 9.17) is 9.47 Å². The van der Waals surface area contributed by atoms with Crippen molar-refractivity contribution in [3.63, 3.8) is 0 Å². The van der Waals surface area contributed by atoms with Gasteiger partial charge in [0.25, 0.3) is 0 Å². The highest BCUT2D eigenvalue weighted by Gasteiger charge is 2.59. The molecule has 1 aromatic carbocycles. The summed E-state index contributed by atoms with van der Waals surface area (Å²) in [5.41, 5.74) is 2.55. The molecule has 1 saturated heterocycles. The molecular formula is C18H27NO2.